The number of anilines is 1. The minimum Gasteiger partial charge on any atom is -0.479 e. The Morgan fingerprint density at radius 3 is 2.52 bits per heavy atom. The van der Waals surface area contributed by atoms with Crippen LogP contribution in [0, 0.1) is 6.92 Å². The molecule has 0 aliphatic rings. The molecule has 0 aliphatic carbocycles. The average Bonchev–Trinajstić information content (AvgIpc) is 2.45. The van der Waals surface area contributed by atoms with E-state index in [9.17, 15) is 4.79 Å². The summed E-state index contributed by atoms with van der Waals surface area (Å²) < 4.78 is 5.56. The number of carbonyl (C=O) groups excluding carboxylic acids is 1. The topological polar surface area (TPSA) is 38.3 Å². The number of ether oxygens (including phenoxy) is 1. The molecule has 1 amide bonds. The van der Waals surface area contributed by atoms with Crippen molar-refractivity contribution in [1.29, 1.82) is 0 Å². The third-order valence-electron chi connectivity index (χ3n) is 2.95. The van der Waals surface area contributed by atoms with Crippen molar-refractivity contribution in [3.05, 3.63) is 58.1 Å². The van der Waals surface area contributed by atoms with Crippen molar-refractivity contribution in [1.82, 2.24) is 0 Å². The molecule has 0 spiro atoms. The molecule has 0 saturated carbocycles. The highest BCUT2D eigenvalue weighted by atomic mass is 35.5. The average molecular weight is 324 g/mol. The zero-order valence-corrected chi connectivity index (χ0v) is 13.2. The van der Waals surface area contributed by atoms with Crippen LogP contribution in [0.1, 0.15) is 12.5 Å². The van der Waals surface area contributed by atoms with Crippen LogP contribution in [0.25, 0.3) is 0 Å². The summed E-state index contributed by atoms with van der Waals surface area (Å²) in [7, 11) is 0. The lowest BCUT2D eigenvalue weighted by molar-refractivity contribution is -0.122. The fourth-order valence-electron chi connectivity index (χ4n) is 1.70. The highest BCUT2D eigenvalue weighted by Crippen LogP contribution is 2.25. The molecule has 0 bridgehead atoms. The van der Waals surface area contributed by atoms with Gasteiger partial charge in [0.15, 0.2) is 6.10 Å². The third-order valence-corrected chi connectivity index (χ3v) is 3.67. The summed E-state index contributed by atoms with van der Waals surface area (Å²) in [6.07, 6.45) is -0.676. The van der Waals surface area contributed by atoms with Crippen LogP contribution in [-0.4, -0.2) is 12.0 Å². The maximum absolute atomic E-state index is 12.1. The van der Waals surface area contributed by atoms with Crippen LogP contribution in [0.4, 0.5) is 5.69 Å². The molecule has 0 aromatic heterocycles. The Kier molecular flexibility index (Phi) is 5.10. The normalized spacial score (nSPS) is 11.8. The highest BCUT2D eigenvalue weighted by molar-refractivity contribution is 6.32. The second-order valence-electron chi connectivity index (χ2n) is 4.64. The zero-order valence-electron chi connectivity index (χ0n) is 11.7. The lowest BCUT2D eigenvalue weighted by Gasteiger charge is -2.15. The summed E-state index contributed by atoms with van der Waals surface area (Å²) in [5, 5.41) is 3.83. The quantitative estimate of drug-likeness (QED) is 0.885. The zero-order chi connectivity index (χ0) is 15.4. The van der Waals surface area contributed by atoms with Crippen molar-refractivity contribution in [3.63, 3.8) is 0 Å². The molecule has 0 saturated heterocycles. The number of carbonyl (C=O) groups is 1. The number of benzene rings is 2. The van der Waals surface area contributed by atoms with E-state index >= 15 is 0 Å². The minimum absolute atomic E-state index is 0.269. The Labute approximate surface area is 133 Å². The first-order valence-corrected chi connectivity index (χ1v) is 7.21. The smallest absolute Gasteiger partial charge is 0.265 e. The van der Waals surface area contributed by atoms with Crippen molar-refractivity contribution < 1.29 is 9.53 Å². The van der Waals surface area contributed by atoms with E-state index < -0.39 is 6.10 Å². The molecule has 0 unspecified atom stereocenters. The Morgan fingerprint density at radius 2 is 1.86 bits per heavy atom. The van der Waals surface area contributed by atoms with Gasteiger partial charge in [-0.2, -0.15) is 0 Å². The van der Waals surface area contributed by atoms with Crippen molar-refractivity contribution in [2.45, 2.75) is 20.0 Å². The van der Waals surface area contributed by atoms with Gasteiger partial charge in [-0.25, -0.2) is 0 Å². The lowest BCUT2D eigenvalue weighted by atomic mass is 10.2. The monoisotopic (exact) mass is 323 g/mol. The summed E-state index contributed by atoms with van der Waals surface area (Å²) in [5.74, 6) is 0.207. The molecule has 21 heavy (non-hydrogen) atoms. The first kappa shape index (κ1) is 15.7. The van der Waals surface area contributed by atoms with Gasteiger partial charge in [0.2, 0.25) is 0 Å². The Balaban J connectivity index is 2.02. The number of hydrogen-bond donors (Lipinski definition) is 1. The van der Waals surface area contributed by atoms with Gasteiger partial charge in [0.05, 0.1) is 5.02 Å². The molecule has 0 aliphatic heterocycles. The number of nitrogens with one attached hydrogen (secondary N) is 1. The maximum Gasteiger partial charge on any atom is 0.265 e. The number of para-hydroxylation sites is 1. The Morgan fingerprint density at radius 1 is 1.14 bits per heavy atom. The van der Waals surface area contributed by atoms with Gasteiger partial charge in [-0.05, 0) is 43.7 Å². The van der Waals surface area contributed by atoms with Crippen LogP contribution in [0.2, 0.25) is 10.0 Å². The summed E-state index contributed by atoms with van der Waals surface area (Å²) in [6, 6.07) is 12.4. The van der Waals surface area contributed by atoms with Crippen LogP contribution < -0.4 is 10.1 Å². The molecular weight excluding hydrogens is 309 g/mol. The standard InChI is InChI=1S/C16H15Cl2NO2/c1-10-7-8-12(9-14(10)18)19-16(20)11(2)21-15-6-4-3-5-13(15)17/h3-9,11H,1-2H3,(H,19,20)/t11-/m1/s1. The molecular formula is C16H15Cl2NO2. The third kappa shape index (κ3) is 4.13. The van der Waals surface area contributed by atoms with Crippen LogP contribution in [-0.2, 0) is 4.79 Å². The summed E-state index contributed by atoms with van der Waals surface area (Å²) in [4.78, 5) is 12.1. The van der Waals surface area contributed by atoms with E-state index in [1.807, 2.05) is 13.0 Å². The molecule has 0 radical (unpaired) electrons. The van der Waals surface area contributed by atoms with Gasteiger partial charge in [-0.1, -0.05) is 41.4 Å². The largest absolute Gasteiger partial charge is 0.479 e. The molecule has 2 aromatic rings. The predicted octanol–water partition coefficient (Wildman–Crippen LogP) is 4.71. The van der Waals surface area contributed by atoms with E-state index in [2.05, 4.69) is 5.32 Å². The number of aryl methyl sites for hydroxylation is 1. The molecule has 5 heteroatoms. The summed E-state index contributed by atoms with van der Waals surface area (Å²) in [5.41, 5.74) is 1.58. The van der Waals surface area contributed by atoms with E-state index in [1.165, 1.54) is 0 Å². The van der Waals surface area contributed by atoms with Crippen molar-refractivity contribution in [2.75, 3.05) is 5.32 Å². The van der Waals surface area contributed by atoms with Gasteiger partial charge in [-0.3, -0.25) is 4.79 Å². The second kappa shape index (κ2) is 6.83. The molecule has 110 valence electrons. The molecule has 0 heterocycles. The fourth-order valence-corrected chi connectivity index (χ4v) is 2.06. The first-order chi connectivity index (χ1) is 9.97. The van der Waals surface area contributed by atoms with Crippen LogP contribution in [0.5, 0.6) is 5.75 Å². The van der Waals surface area contributed by atoms with Crippen molar-refractivity contribution in [2.24, 2.45) is 0 Å². The predicted molar refractivity (Wildman–Crippen MR) is 86.4 cm³/mol. The molecule has 2 aromatic carbocycles. The van der Waals surface area contributed by atoms with Gasteiger partial charge in [0.1, 0.15) is 5.75 Å². The van der Waals surface area contributed by atoms with Gasteiger partial charge in [0, 0.05) is 10.7 Å². The SMILES string of the molecule is Cc1ccc(NC(=O)[C@@H](C)Oc2ccccc2Cl)cc1Cl. The van der Waals surface area contributed by atoms with Crippen molar-refractivity contribution >= 4 is 34.8 Å². The van der Waals surface area contributed by atoms with E-state index in [0.717, 1.165) is 5.56 Å². The van der Waals surface area contributed by atoms with Gasteiger partial charge in [-0.15, -0.1) is 0 Å². The number of hydrogen-bond acceptors (Lipinski definition) is 2. The summed E-state index contributed by atoms with van der Waals surface area (Å²) in [6.45, 7) is 3.56. The molecule has 3 nitrogen and oxygen atoms in total. The van der Waals surface area contributed by atoms with Crippen LogP contribution in [0.3, 0.4) is 0 Å². The van der Waals surface area contributed by atoms with E-state index in [1.54, 1.807) is 43.3 Å². The number of amides is 1. The van der Waals surface area contributed by atoms with E-state index in [0.29, 0.717) is 21.5 Å². The lowest BCUT2D eigenvalue weighted by Crippen LogP contribution is -2.30. The molecule has 1 atom stereocenters. The van der Waals surface area contributed by atoms with Crippen molar-refractivity contribution in [3.8, 4) is 5.75 Å². The first-order valence-electron chi connectivity index (χ1n) is 6.45. The maximum atomic E-state index is 12.1. The fraction of sp³-hybridized carbons (Fsp3) is 0.188. The Bertz CT molecular complexity index is 658. The van der Waals surface area contributed by atoms with Crippen LogP contribution >= 0.6 is 23.2 Å². The molecule has 2 rings (SSSR count). The van der Waals surface area contributed by atoms with Gasteiger partial charge in [0.25, 0.3) is 5.91 Å². The number of rotatable bonds is 4. The summed E-state index contributed by atoms with van der Waals surface area (Å²) >= 11 is 12.0. The Hall–Kier alpha value is -1.71. The van der Waals surface area contributed by atoms with E-state index in [-0.39, 0.29) is 5.91 Å². The highest BCUT2D eigenvalue weighted by Gasteiger charge is 2.16. The van der Waals surface area contributed by atoms with Gasteiger partial charge < -0.3 is 10.1 Å². The minimum atomic E-state index is -0.676. The molecule has 1 N–H and O–H groups in total. The molecule has 0 fully saturated rings. The van der Waals surface area contributed by atoms with Crippen LogP contribution in [0.15, 0.2) is 42.5 Å². The number of halogens is 2. The second-order valence-corrected chi connectivity index (χ2v) is 5.46. The van der Waals surface area contributed by atoms with Gasteiger partial charge >= 0.3 is 0 Å². The van der Waals surface area contributed by atoms with E-state index in [4.69, 9.17) is 27.9 Å².